The standard InChI is InChI=1S/C20H19NS/c1-3-4-9-16(2)14-15-21-17-10-5-7-12-19(17)22-20-13-8-6-11-18(20)21/h3-13H,1-2,14-15H2. The highest BCUT2D eigenvalue weighted by molar-refractivity contribution is 7.99. The summed E-state index contributed by atoms with van der Waals surface area (Å²) in [7, 11) is 0. The summed E-state index contributed by atoms with van der Waals surface area (Å²) >= 11 is 1.84. The van der Waals surface area contributed by atoms with Gasteiger partial charge in [-0.25, -0.2) is 0 Å². The summed E-state index contributed by atoms with van der Waals surface area (Å²) in [6.07, 6.45) is 6.69. The van der Waals surface area contributed by atoms with Crippen molar-refractivity contribution in [1.29, 1.82) is 0 Å². The smallest absolute Gasteiger partial charge is 0.0552 e. The summed E-state index contributed by atoms with van der Waals surface area (Å²) in [6, 6.07) is 17.2. The number of rotatable bonds is 5. The molecule has 1 heterocycles. The van der Waals surface area contributed by atoms with Gasteiger partial charge >= 0.3 is 0 Å². The van der Waals surface area contributed by atoms with Crippen molar-refractivity contribution < 1.29 is 0 Å². The van der Waals surface area contributed by atoms with Gasteiger partial charge in [-0.15, -0.1) is 0 Å². The number of hydrogen-bond acceptors (Lipinski definition) is 2. The van der Waals surface area contributed by atoms with E-state index in [4.69, 9.17) is 0 Å². The molecule has 0 N–H and O–H groups in total. The van der Waals surface area contributed by atoms with Crippen molar-refractivity contribution in [1.82, 2.24) is 0 Å². The van der Waals surface area contributed by atoms with Gasteiger partial charge < -0.3 is 4.90 Å². The van der Waals surface area contributed by atoms with E-state index in [1.807, 2.05) is 23.9 Å². The normalized spacial score (nSPS) is 12.8. The van der Waals surface area contributed by atoms with Crippen LogP contribution in [0.2, 0.25) is 0 Å². The minimum Gasteiger partial charge on any atom is -0.339 e. The number of benzene rings is 2. The molecular formula is C20H19NS. The zero-order valence-corrected chi connectivity index (χ0v) is 13.4. The molecule has 0 bridgehead atoms. The molecule has 2 aromatic rings. The fourth-order valence-corrected chi connectivity index (χ4v) is 3.66. The molecule has 0 unspecified atom stereocenters. The summed E-state index contributed by atoms with van der Waals surface area (Å²) in [5.74, 6) is 0. The molecule has 0 amide bonds. The Morgan fingerprint density at radius 1 is 1.00 bits per heavy atom. The summed E-state index contributed by atoms with van der Waals surface area (Å²) in [4.78, 5) is 5.02. The Labute approximate surface area is 136 Å². The third-order valence-corrected chi connectivity index (χ3v) is 4.79. The molecule has 0 atom stereocenters. The van der Waals surface area contributed by atoms with E-state index in [0.717, 1.165) is 18.5 Å². The number of para-hydroxylation sites is 2. The van der Waals surface area contributed by atoms with E-state index in [1.165, 1.54) is 21.2 Å². The average molecular weight is 305 g/mol. The fourth-order valence-electron chi connectivity index (χ4n) is 2.56. The third-order valence-electron chi connectivity index (χ3n) is 3.66. The van der Waals surface area contributed by atoms with Gasteiger partial charge in [-0.3, -0.25) is 0 Å². The van der Waals surface area contributed by atoms with Crippen LogP contribution >= 0.6 is 11.8 Å². The molecular weight excluding hydrogens is 286 g/mol. The Kier molecular flexibility index (Phi) is 4.50. The van der Waals surface area contributed by atoms with Crippen LogP contribution in [0, 0.1) is 0 Å². The van der Waals surface area contributed by atoms with E-state index < -0.39 is 0 Å². The highest BCUT2D eigenvalue weighted by Crippen LogP contribution is 2.47. The molecule has 2 aromatic carbocycles. The van der Waals surface area contributed by atoms with Crippen molar-refractivity contribution in [2.75, 3.05) is 11.4 Å². The second kappa shape index (κ2) is 6.71. The lowest BCUT2D eigenvalue weighted by Crippen LogP contribution is -2.22. The van der Waals surface area contributed by atoms with Gasteiger partial charge in [0.25, 0.3) is 0 Å². The van der Waals surface area contributed by atoms with Gasteiger partial charge in [0, 0.05) is 16.3 Å². The molecule has 0 saturated carbocycles. The maximum absolute atomic E-state index is 4.12. The molecule has 1 aliphatic rings. The Balaban J connectivity index is 1.88. The second-order valence-corrected chi connectivity index (χ2v) is 6.28. The lowest BCUT2D eigenvalue weighted by molar-refractivity contribution is 0.896. The monoisotopic (exact) mass is 305 g/mol. The topological polar surface area (TPSA) is 3.24 Å². The predicted octanol–water partition coefficient (Wildman–Crippen LogP) is 5.98. The van der Waals surface area contributed by atoms with E-state index in [1.54, 1.807) is 6.08 Å². The van der Waals surface area contributed by atoms with E-state index >= 15 is 0 Å². The average Bonchev–Trinajstić information content (AvgIpc) is 2.56. The van der Waals surface area contributed by atoms with E-state index in [2.05, 4.69) is 66.6 Å². The van der Waals surface area contributed by atoms with Crippen molar-refractivity contribution in [3.8, 4) is 0 Å². The molecule has 0 aromatic heterocycles. The molecule has 1 aliphatic heterocycles. The van der Waals surface area contributed by atoms with E-state index in [9.17, 15) is 0 Å². The summed E-state index contributed by atoms with van der Waals surface area (Å²) in [6.45, 7) is 8.75. The maximum Gasteiger partial charge on any atom is 0.0552 e. The zero-order chi connectivity index (χ0) is 15.4. The molecule has 0 saturated heterocycles. The van der Waals surface area contributed by atoms with Gasteiger partial charge in [0.05, 0.1) is 11.4 Å². The Bertz CT molecular complexity index is 684. The van der Waals surface area contributed by atoms with Gasteiger partial charge in [-0.05, 0) is 30.7 Å². The molecule has 0 spiro atoms. The van der Waals surface area contributed by atoms with Crippen LogP contribution in [0.1, 0.15) is 6.42 Å². The molecule has 1 nitrogen and oxygen atoms in total. The van der Waals surface area contributed by atoms with Crippen molar-refractivity contribution in [3.05, 3.63) is 85.5 Å². The second-order valence-electron chi connectivity index (χ2n) is 5.19. The van der Waals surface area contributed by atoms with Gasteiger partial charge in [-0.2, -0.15) is 0 Å². The van der Waals surface area contributed by atoms with Crippen LogP contribution in [0.25, 0.3) is 0 Å². The van der Waals surface area contributed by atoms with Crippen LogP contribution < -0.4 is 4.90 Å². The molecule has 22 heavy (non-hydrogen) atoms. The van der Waals surface area contributed by atoms with E-state index in [0.29, 0.717) is 0 Å². The van der Waals surface area contributed by atoms with Crippen molar-refractivity contribution in [2.45, 2.75) is 16.2 Å². The minimum absolute atomic E-state index is 0.925. The predicted molar refractivity (Wildman–Crippen MR) is 97.1 cm³/mol. The lowest BCUT2D eigenvalue weighted by Gasteiger charge is -2.32. The van der Waals surface area contributed by atoms with Gasteiger partial charge in [0.2, 0.25) is 0 Å². The SMILES string of the molecule is C=CC=CC(=C)CCN1c2ccccc2Sc2ccccc21. The first-order valence-corrected chi connectivity index (χ1v) is 8.21. The van der Waals surface area contributed by atoms with Crippen LogP contribution in [0.3, 0.4) is 0 Å². The van der Waals surface area contributed by atoms with Gasteiger partial charge in [0.1, 0.15) is 0 Å². The molecule has 0 fully saturated rings. The molecule has 110 valence electrons. The number of hydrogen-bond donors (Lipinski definition) is 0. The van der Waals surface area contributed by atoms with E-state index in [-0.39, 0.29) is 0 Å². The summed E-state index contributed by atoms with van der Waals surface area (Å²) in [5, 5.41) is 0. The minimum atomic E-state index is 0.925. The summed E-state index contributed by atoms with van der Waals surface area (Å²) < 4.78 is 0. The zero-order valence-electron chi connectivity index (χ0n) is 12.5. The Hall–Kier alpha value is -2.19. The molecule has 3 rings (SSSR count). The van der Waals surface area contributed by atoms with Crippen LogP contribution in [0.5, 0.6) is 0 Å². The highest BCUT2D eigenvalue weighted by Gasteiger charge is 2.22. The number of nitrogens with zero attached hydrogens (tertiary/aromatic N) is 1. The largest absolute Gasteiger partial charge is 0.339 e. The number of fused-ring (bicyclic) bond motifs is 2. The van der Waals surface area contributed by atoms with Crippen LogP contribution in [0.15, 0.2) is 95.3 Å². The summed E-state index contributed by atoms with van der Waals surface area (Å²) in [5.41, 5.74) is 3.69. The Morgan fingerprint density at radius 3 is 2.18 bits per heavy atom. The quantitative estimate of drug-likeness (QED) is 0.625. The lowest BCUT2D eigenvalue weighted by atomic mass is 10.1. The van der Waals surface area contributed by atoms with Gasteiger partial charge in [0.15, 0.2) is 0 Å². The molecule has 2 heteroatoms. The first kappa shape index (κ1) is 14.7. The number of allylic oxidation sites excluding steroid dienone is 3. The van der Waals surface area contributed by atoms with Crippen LogP contribution in [0.4, 0.5) is 11.4 Å². The number of anilines is 2. The fraction of sp³-hybridized carbons (Fsp3) is 0.100. The van der Waals surface area contributed by atoms with Crippen LogP contribution in [-0.4, -0.2) is 6.54 Å². The van der Waals surface area contributed by atoms with Crippen molar-refractivity contribution >= 4 is 23.1 Å². The van der Waals surface area contributed by atoms with Crippen molar-refractivity contribution in [3.63, 3.8) is 0 Å². The van der Waals surface area contributed by atoms with Crippen molar-refractivity contribution in [2.24, 2.45) is 0 Å². The van der Waals surface area contributed by atoms with Gasteiger partial charge in [-0.1, -0.05) is 73.0 Å². The first-order chi connectivity index (χ1) is 10.8. The highest BCUT2D eigenvalue weighted by atomic mass is 32.2. The Morgan fingerprint density at radius 2 is 1.59 bits per heavy atom. The molecule has 0 aliphatic carbocycles. The third kappa shape index (κ3) is 3.02. The first-order valence-electron chi connectivity index (χ1n) is 7.40. The molecule has 0 radical (unpaired) electrons. The maximum atomic E-state index is 4.12. The van der Waals surface area contributed by atoms with Crippen LogP contribution in [-0.2, 0) is 0 Å².